The molecule has 0 aliphatic heterocycles. The monoisotopic (exact) mass is 151 g/mol. The Morgan fingerprint density at radius 3 is 2.00 bits per heavy atom. The van der Waals surface area contributed by atoms with Crippen molar-refractivity contribution >= 4 is 6.21 Å². The fourth-order valence-corrected chi connectivity index (χ4v) is 1.07. The van der Waals surface area contributed by atoms with Gasteiger partial charge >= 0.3 is 0 Å². The Morgan fingerprint density at radius 1 is 1.18 bits per heavy atom. The highest BCUT2D eigenvalue weighted by molar-refractivity contribution is 5.77. The van der Waals surface area contributed by atoms with E-state index in [1.54, 1.807) is 0 Å². The minimum absolute atomic E-state index is 0.955. The van der Waals surface area contributed by atoms with Crippen LogP contribution < -0.4 is 0 Å². The molecule has 0 aromatic carbocycles. The molecule has 0 bridgehead atoms. The molecule has 0 aromatic heterocycles. The highest BCUT2D eigenvalue weighted by Crippen LogP contribution is 2.11. The van der Waals surface area contributed by atoms with Crippen LogP contribution in [0.3, 0.4) is 0 Å². The van der Waals surface area contributed by atoms with Crippen molar-refractivity contribution in [3.8, 4) is 0 Å². The average Bonchev–Trinajstić information content (AvgIpc) is 2.05. The third-order valence-corrected chi connectivity index (χ3v) is 1.72. The predicted octanol–water partition coefficient (Wildman–Crippen LogP) is 3.33. The maximum atomic E-state index is 7.16. The van der Waals surface area contributed by atoms with Crippen LogP contribution >= 0.6 is 0 Å². The Morgan fingerprint density at radius 2 is 1.73 bits per heavy atom. The molecular formula is C10H17N. The smallest absolute Gasteiger partial charge is 0.0212 e. The molecule has 0 aliphatic carbocycles. The normalized spacial score (nSPS) is 13.4. The van der Waals surface area contributed by atoms with Gasteiger partial charge in [-0.25, -0.2) is 0 Å². The summed E-state index contributed by atoms with van der Waals surface area (Å²) in [6.45, 7) is 6.21. The summed E-state index contributed by atoms with van der Waals surface area (Å²) in [5.74, 6) is 0. The zero-order chi connectivity index (χ0) is 8.69. The first-order chi connectivity index (χ1) is 5.29. The predicted molar refractivity (Wildman–Crippen MR) is 51.2 cm³/mol. The van der Waals surface area contributed by atoms with Gasteiger partial charge in [0, 0.05) is 6.21 Å². The molecule has 0 atom stereocenters. The maximum Gasteiger partial charge on any atom is 0.0212 e. The van der Waals surface area contributed by atoms with Gasteiger partial charge in [0.2, 0.25) is 0 Å². The first-order valence-electron chi connectivity index (χ1n) is 4.15. The summed E-state index contributed by atoms with van der Waals surface area (Å²) in [5.41, 5.74) is 2.43. The molecule has 1 N–H and O–H groups in total. The average molecular weight is 151 g/mol. The molecule has 62 valence electrons. The van der Waals surface area contributed by atoms with Crippen molar-refractivity contribution in [2.75, 3.05) is 0 Å². The van der Waals surface area contributed by atoms with E-state index < -0.39 is 0 Å². The van der Waals surface area contributed by atoms with E-state index in [1.165, 1.54) is 11.8 Å². The minimum atomic E-state index is 0.955. The SMILES string of the molecule is C/C=C/C(CC)=C(\C=N)CC. The van der Waals surface area contributed by atoms with E-state index in [4.69, 9.17) is 5.41 Å². The van der Waals surface area contributed by atoms with Gasteiger partial charge in [0.25, 0.3) is 0 Å². The first-order valence-corrected chi connectivity index (χ1v) is 4.15. The number of nitrogens with one attached hydrogen (secondary N) is 1. The van der Waals surface area contributed by atoms with E-state index in [-0.39, 0.29) is 0 Å². The molecule has 0 rings (SSSR count). The lowest BCUT2D eigenvalue weighted by atomic mass is 10.0. The highest BCUT2D eigenvalue weighted by Gasteiger charge is 1.95. The number of hydrogen-bond acceptors (Lipinski definition) is 1. The molecule has 1 heteroatoms. The van der Waals surface area contributed by atoms with Gasteiger partial charge in [-0.3, -0.25) is 0 Å². The van der Waals surface area contributed by atoms with Crippen LogP contribution in [0.1, 0.15) is 33.6 Å². The Hall–Kier alpha value is -0.850. The van der Waals surface area contributed by atoms with Crippen molar-refractivity contribution in [1.82, 2.24) is 0 Å². The molecular weight excluding hydrogens is 134 g/mol. The topological polar surface area (TPSA) is 23.9 Å². The Kier molecular flexibility index (Phi) is 5.44. The largest absolute Gasteiger partial charge is 0.308 e. The molecule has 0 saturated carbocycles. The van der Waals surface area contributed by atoms with Crippen LogP contribution in [0.2, 0.25) is 0 Å². The molecule has 0 spiro atoms. The van der Waals surface area contributed by atoms with E-state index in [9.17, 15) is 0 Å². The standard InChI is InChI=1S/C10H17N/c1-4-7-9(5-2)10(6-3)8-11/h4,7-8,11H,5-6H2,1-3H3/b7-4+,10-9-,11-8?. The van der Waals surface area contributed by atoms with Gasteiger partial charge in [-0.1, -0.05) is 26.0 Å². The van der Waals surface area contributed by atoms with E-state index >= 15 is 0 Å². The molecule has 1 nitrogen and oxygen atoms in total. The summed E-state index contributed by atoms with van der Waals surface area (Å²) < 4.78 is 0. The second-order valence-corrected chi connectivity index (χ2v) is 2.40. The summed E-state index contributed by atoms with van der Waals surface area (Å²) in [4.78, 5) is 0. The summed E-state index contributed by atoms with van der Waals surface area (Å²) in [5, 5.41) is 7.16. The lowest BCUT2D eigenvalue weighted by Crippen LogP contribution is -1.88. The van der Waals surface area contributed by atoms with Crippen LogP contribution in [0.4, 0.5) is 0 Å². The van der Waals surface area contributed by atoms with Crippen molar-refractivity contribution in [3.05, 3.63) is 23.3 Å². The molecule has 11 heavy (non-hydrogen) atoms. The Balaban J connectivity index is 4.61. The van der Waals surface area contributed by atoms with Gasteiger partial charge in [0.1, 0.15) is 0 Å². The Bertz CT molecular complexity index is 175. The van der Waals surface area contributed by atoms with Crippen LogP contribution in [0, 0.1) is 5.41 Å². The van der Waals surface area contributed by atoms with Crippen LogP contribution in [-0.2, 0) is 0 Å². The van der Waals surface area contributed by atoms with Gasteiger partial charge in [0.05, 0.1) is 0 Å². The lowest BCUT2D eigenvalue weighted by molar-refractivity contribution is 1.07. The van der Waals surface area contributed by atoms with Crippen LogP contribution in [0.15, 0.2) is 23.3 Å². The van der Waals surface area contributed by atoms with E-state index in [0.29, 0.717) is 0 Å². The summed E-state index contributed by atoms with van der Waals surface area (Å²) in [6, 6.07) is 0. The third-order valence-electron chi connectivity index (χ3n) is 1.72. The second-order valence-electron chi connectivity index (χ2n) is 2.40. The minimum Gasteiger partial charge on any atom is -0.308 e. The molecule has 0 aromatic rings. The van der Waals surface area contributed by atoms with E-state index in [2.05, 4.69) is 19.9 Å². The van der Waals surface area contributed by atoms with Crippen molar-refractivity contribution in [3.63, 3.8) is 0 Å². The molecule has 0 fully saturated rings. The number of rotatable bonds is 4. The molecule has 0 aliphatic rings. The van der Waals surface area contributed by atoms with Gasteiger partial charge in [-0.15, -0.1) is 0 Å². The van der Waals surface area contributed by atoms with Crippen LogP contribution in [0.5, 0.6) is 0 Å². The van der Waals surface area contributed by atoms with Gasteiger partial charge in [0.15, 0.2) is 0 Å². The fourth-order valence-electron chi connectivity index (χ4n) is 1.07. The molecule has 0 unspecified atom stereocenters. The number of hydrogen-bond donors (Lipinski definition) is 1. The first kappa shape index (κ1) is 10.2. The van der Waals surface area contributed by atoms with Crippen LogP contribution in [0.25, 0.3) is 0 Å². The van der Waals surface area contributed by atoms with Crippen molar-refractivity contribution in [1.29, 1.82) is 5.41 Å². The van der Waals surface area contributed by atoms with Crippen molar-refractivity contribution in [2.45, 2.75) is 33.6 Å². The zero-order valence-electron chi connectivity index (χ0n) is 7.65. The fraction of sp³-hybridized carbons (Fsp3) is 0.500. The third kappa shape index (κ3) is 3.17. The summed E-state index contributed by atoms with van der Waals surface area (Å²) in [6.07, 6.45) is 7.54. The molecule has 0 saturated heterocycles. The second kappa shape index (κ2) is 5.90. The molecule has 0 radical (unpaired) electrons. The molecule has 0 amide bonds. The van der Waals surface area contributed by atoms with Gasteiger partial charge < -0.3 is 5.41 Å². The highest BCUT2D eigenvalue weighted by atomic mass is 14.3. The quantitative estimate of drug-likeness (QED) is 0.470. The van der Waals surface area contributed by atoms with E-state index in [0.717, 1.165) is 18.4 Å². The van der Waals surface area contributed by atoms with Crippen molar-refractivity contribution < 1.29 is 0 Å². The maximum absolute atomic E-state index is 7.16. The lowest BCUT2D eigenvalue weighted by Gasteiger charge is -2.02. The Labute approximate surface area is 69.3 Å². The molecule has 0 heterocycles. The van der Waals surface area contributed by atoms with Gasteiger partial charge in [-0.2, -0.15) is 0 Å². The number of allylic oxidation sites excluding steroid dienone is 4. The van der Waals surface area contributed by atoms with Crippen LogP contribution in [-0.4, -0.2) is 6.21 Å². The van der Waals surface area contributed by atoms with Crippen molar-refractivity contribution in [2.24, 2.45) is 0 Å². The van der Waals surface area contributed by atoms with Gasteiger partial charge in [-0.05, 0) is 30.9 Å². The van der Waals surface area contributed by atoms with E-state index in [1.807, 2.05) is 13.0 Å². The summed E-state index contributed by atoms with van der Waals surface area (Å²) in [7, 11) is 0. The summed E-state index contributed by atoms with van der Waals surface area (Å²) >= 11 is 0. The zero-order valence-corrected chi connectivity index (χ0v) is 7.65.